The molecule has 1 aliphatic rings. The smallest absolute Gasteiger partial charge is 0.222 e. The summed E-state index contributed by atoms with van der Waals surface area (Å²) in [5.74, 6) is 1.58. The zero-order valence-corrected chi connectivity index (χ0v) is 10.2. The van der Waals surface area contributed by atoms with Crippen LogP contribution in [0.4, 0.5) is 0 Å². The van der Waals surface area contributed by atoms with Gasteiger partial charge in [0.1, 0.15) is 0 Å². The molecule has 0 aromatic carbocycles. The molecule has 0 aromatic rings. The third-order valence-corrected chi connectivity index (χ3v) is 3.04. The third-order valence-electron chi connectivity index (χ3n) is 3.04. The second kappa shape index (κ2) is 5.50. The first-order chi connectivity index (χ1) is 6.99. The molecule has 0 spiro atoms. The van der Waals surface area contributed by atoms with E-state index < -0.39 is 0 Å². The second-order valence-corrected chi connectivity index (χ2v) is 5.26. The topological polar surface area (TPSA) is 46.3 Å². The first-order valence-corrected chi connectivity index (χ1v) is 6.02. The van der Waals surface area contributed by atoms with E-state index >= 15 is 0 Å². The Labute approximate surface area is 93.0 Å². The van der Waals surface area contributed by atoms with Crippen molar-refractivity contribution in [2.24, 2.45) is 17.6 Å². The maximum Gasteiger partial charge on any atom is 0.222 e. The first-order valence-electron chi connectivity index (χ1n) is 6.02. The van der Waals surface area contributed by atoms with E-state index in [9.17, 15) is 4.79 Å². The number of hydrogen-bond donors (Lipinski definition) is 1. The normalized spacial score (nSPS) is 28.9. The molecule has 1 aliphatic heterocycles. The molecule has 0 aliphatic carbocycles. The van der Waals surface area contributed by atoms with Gasteiger partial charge in [-0.1, -0.05) is 13.8 Å². The van der Waals surface area contributed by atoms with Crippen LogP contribution in [0.5, 0.6) is 0 Å². The van der Waals surface area contributed by atoms with Crippen molar-refractivity contribution < 1.29 is 4.79 Å². The maximum absolute atomic E-state index is 11.9. The number of piperidine rings is 1. The number of nitrogens with two attached hydrogens (primary N) is 1. The summed E-state index contributed by atoms with van der Waals surface area (Å²) >= 11 is 0. The fourth-order valence-electron chi connectivity index (χ4n) is 2.38. The summed E-state index contributed by atoms with van der Waals surface area (Å²) in [5, 5.41) is 0. The van der Waals surface area contributed by atoms with Gasteiger partial charge in [0, 0.05) is 25.6 Å². The Kier molecular flexibility index (Phi) is 4.58. The van der Waals surface area contributed by atoms with E-state index in [4.69, 9.17) is 5.73 Å². The number of rotatable bonds is 3. The minimum Gasteiger partial charge on any atom is -0.342 e. The molecular weight excluding hydrogens is 188 g/mol. The van der Waals surface area contributed by atoms with Crippen LogP contribution in [0.1, 0.15) is 40.0 Å². The quantitative estimate of drug-likeness (QED) is 0.772. The van der Waals surface area contributed by atoms with Crippen molar-refractivity contribution in [3.8, 4) is 0 Å². The number of amides is 1. The van der Waals surface area contributed by atoms with Gasteiger partial charge in [0.2, 0.25) is 5.91 Å². The zero-order chi connectivity index (χ0) is 11.4. The Bertz CT molecular complexity index is 206. The summed E-state index contributed by atoms with van der Waals surface area (Å²) in [6, 6.07) is 0.133. The van der Waals surface area contributed by atoms with Crippen LogP contribution in [0, 0.1) is 11.8 Å². The minimum absolute atomic E-state index is 0.133. The fourth-order valence-corrected chi connectivity index (χ4v) is 2.38. The van der Waals surface area contributed by atoms with Crippen LogP contribution in [0.25, 0.3) is 0 Å². The van der Waals surface area contributed by atoms with Crippen LogP contribution in [-0.2, 0) is 4.79 Å². The third kappa shape index (κ3) is 4.20. The monoisotopic (exact) mass is 212 g/mol. The molecule has 3 heteroatoms. The summed E-state index contributed by atoms with van der Waals surface area (Å²) in [5.41, 5.74) is 5.65. The molecule has 3 unspecified atom stereocenters. The van der Waals surface area contributed by atoms with Crippen molar-refractivity contribution in [3.05, 3.63) is 0 Å². The van der Waals surface area contributed by atoms with Gasteiger partial charge in [0.25, 0.3) is 0 Å². The van der Waals surface area contributed by atoms with Gasteiger partial charge >= 0.3 is 0 Å². The van der Waals surface area contributed by atoms with Crippen molar-refractivity contribution in [1.82, 2.24) is 4.90 Å². The van der Waals surface area contributed by atoms with E-state index in [1.165, 1.54) is 6.42 Å². The van der Waals surface area contributed by atoms with E-state index in [1.54, 1.807) is 0 Å². The standard InChI is InChI=1S/C12H24N2O/c1-9-6-10(2)8-14(7-9)12(15)5-4-11(3)13/h9-11H,4-8,13H2,1-3H3. The van der Waals surface area contributed by atoms with Gasteiger partial charge in [-0.2, -0.15) is 0 Å². The van der Waals surface area contributed by atoms with Gasteiger partial charge in [-0.05, 0) is 31.6 Å². The molecular formula is C12H24N2O. The van der Waals surface area contributed by atoms with Crippen molar-refractivity contribution in [3.63, 3.8) is 0 Å². The predicted molar refractivity (Wildman–Crippen MR) is 62.4 cm³/mol. The Morgan fingerprint density at radius 2 is 1.93 bits per heavy atom. The lowest BCUT2D eigenvalue weighted by Crippen LogP contribution is -2.42. The van der Waals surface area contributed by atoms with Crippen LogP contribution >= 0.6 is 0 Å². The summed E-state index contributed by atoms with van der Waals surface area (Å²) in [4.78, 5) is 13.9. The minimum atomic E-state index is 0.133. The highest BCUT2D eigenvalue weighted by atomic mass is 16.2. The van der Waals surface area contributed by atoms with Gasteiger partial charge in [-0.25, -0.2) is 0 Å². The average molecular weight is 212 g/mol. The number of carbonyl (C=O) groups excluding carboxylic acids is 1. The summed E-state index contributed by atoms with van der Waals surface area (Å²) in [7, 11) is 0. The van der Waals surface area contributed by atoms with Gasteiger partial charge in [0.15, 0.2) is 0 Å². The summed E-state index contributed by atoms with van der Waals surface area (Å²) in [6.45, 7) is 8.27. The lowest BCUT2D eigenvalue weighted by atomic mass is 9.91. The van der Waals surface area contributed by atoms with E-state index in [-0.39, 0.29) is 11.9 Å². The number of hydrogen-bond acceptors (Lipinski definition) is 2. The molecule has 1 rings (SSSR count). The number of nitrogens with zero attached hydrogens (tertiary/aromatic N) is 1. The van der Waals surface area contributed by atoms with Crippen LogP contribution < -0.4 is 5.73 Å². The van der Waals surface area contributed by atoms with Crippen molar-refractivity contribution in [2.75, 3.05) is 13.1 Å². The Morgan fingerprint density at radius 3 is 2.40 bits per heavy atom. The molecule has 0 saturated carbocycles. The van der Waals surface area contributed by atoms with Gasteiger partial charge < -0.3 is 10.6 Å². The van der Waals surface area contributed by atoms with E-state index in [2.05, 4.69) is 13.8 Å². The van der Waals surface area contributed by atoms with Crippen molar-refractivity contribution >= 4 is 5.91 Å². The molecule has 2 N–H and O–H groups in total. The Hall–Kier alpha value is -0.570. The molecule has 3 atom stereocenters. The first kappa shape index (κ1) is 12.5. The highest BCUT2D eigenvalue weighted by molar-refractivity contribution is 5.76. The van der Waals surface area contributed by atoms with Crippen LogP contribution in [0.2, 0.25) is 0 Å². The fraction of sp³-hybridized carbons (Fsp3) is 0.917. The molecule has 1 saturated heterocycles. The maximum atomic E-state index is 11.9. The SMILES string of the molecule is CC(N)CCC(=O)N1CC(C)CC(C)C1. The van der Waals surface area contributed by atoms with Crippen molar-refractivity contribution in [2.45, 2.75) is 46.1 Å². The molecule has 0 radical (unpaired) electrons. The van der Waals surface area contributed by atoms with E-state index in [0.29, 0.717) is 18.3 Å². The number of likely N-dealkylation sites (tertiary alicyclic amines) is 1. The molecule has 0 aromatic heterocycles. The molecule has 1 fully saturated rings. The molecule has 88 valence electrons. The van der Waals surface area contributed by atoms with Gasteiger partial charge in [0.05, 0.1) is 0 Å². The second-order valence-electron chi connectivity index (χ2n) is 5.26. The lowest BCUT2D eigenvalue weighted by Gasteiger charge is -2.35. The molecule has 1 heterocycles. The van der Waals surface area contributed by atoms with E-state index in [0.717, 1.165) is 19.5 Å². The number of carbonyl (C=O) groups is 1. The Morgan fingerprint density at radius 1 is 1.40 bits per heavy atom. The highest BCUT2D eigenvalue weighted by Crippen LogP contribution is 2.21. The molecule has 1 amide bonds. The average Bonchev–Trinajstić information content (AvgIpc) is 2.12. The van der Waals surface area contributed by atoms with E-state index in [1.807, 2.05) is 11.8 Å². The van der Waals surface area contributed by atoms with Crippen LogP contribution in [-0.4, -0.2) is 29.9 Å². The van der Waals surface area contributed by atoms with Crippen LogP contribution in [0.15, 0.2) is 0 Å². The predicted octanol–water partition coefficient (Wildman–Crippen LogP) is 1.62. The van der Waals surface area contributed by atoms with Crippen molar-refractivity contribution in [1.29, 1.82) is 0 Å². The van der Waals surface area contributed by atoms with Crippen LogP contribution in [0.3, 0.4) is 0 Å². The molecule has 0 bridgehead atoms. The largest absolute Gasteiger partial charge is 0.342 e. The Balaban J connectivity index is 2.38. The molecule has 15 heavy (non-hydrogen) atoms. The molecule has 3 nitrogen and oxygen atoms in total. The summed E-state index contributed by atoms with van der Waals surface area (Å²) in [6.07, 6.45) is 2.66. The lowest BCUT2D eigenvalue weighted by molar-refractivity contribution is -0.134. The zero-order valence-electron chi connectivity index (χ0n) is 10.2. The summed E-state index contributed by atoms with van der Waals surface area (Å²) < 4.78 is 0. The van der Waals surface area contributed by atoms with Gasteiger partial charge in [-0.15, -0.1) is 0 Å². The highest BCUT2D eigenvalue weighted by Gasteiger charge is 2.24. The van der Waals surface area contributed by atoms with Gasteiger partial charge in [-0.3, -0.25) is 4.79 Å².